The van der Waals surface area contributed by atoms with Gasteiger partial charge in [-0.1, -0.05) is 29.5 Å². The third kappa shape index (κ3) is 5.23. The second-order valence-corrected chi connectivity index (χ2v) is 10.1. The molecule has 0 N–H and O–H groups in total. The van der Waals surface area contributed by atoms with E-state index in [0.29, 0.717) is 55.8 Å². The third-order valence-electron chi connectivity index (χ3n) is 6.59. The first-order valence-corrected chi connectivity index (χ1v) is 13.9. The molecule has 3 heterocycles. The fourth-order valence-electron chi connectivity index (χ4n) is 4.78. The summed E-state index contributed by atoms with van der Waals surface area (Å²) in [6.07, 6.45) is 1.56. The van der Waals surface area contributed by atoms with E-state index in [-0.39, 0.29) is 17.9 Å². The minimum atomic E-state index is -0.841. The number of nitro groups is 1. The van der Waals surface area contributed by atoms with Crippen molar-refractivity contribution in [1.29, 1.82) is 0 Å². The average Bonchev–Trinajstić information content (AvgIpc) is 3.56. The number of ether oxygens (including phenoxy) is 3. The van der Waals surface area contributed by atoms with E-state index in [4.69, 9.17) is 18.6 Å². The highest BCUT2D eigenvalue weighted by Crippen LogP contribution is 2.36. The summed E-state index contributed by atoms with van der Waals surface area (Å²) in [5, 5.41) is 11.5. The van der Waals surface area contributed by atoms with E-state index in [0.717, 1.165) is 11.3 Å². The number of thiazole rings is 1. The number of allylic oxidation sites excluding steroid dienone is 1. The Morgan fingerprint density at radius 2 is 1.93 bits per heavy atom. The van der Waals surface area contributed by atoms with Crippen LogP contribution in [-0.2, 0) is 9.53 Å². The lowest BCUT2D eigenvalue weighted by molar-refractivity contribution is -0.384. The molecule has 1 atom stereocenters. The molecule has 0 radical (unpaired) electrons. The minimum absolute atomic E-state index is 0.0920. The first kappa shape index (κ1) is 28.6. The monoisotopic (exact) mass is 589 g/mol. The molecule has 0 fully saturated rings. The SMILES string of the molecule is CCOC(=O)C1=C(C)N=c2s/c(=C\c3ccc(-c4ccccc4[N+](=O)[O-])o3)c(=O)n2[C@@H]1c1ccc(OC)c(OCC)c1. The number of esters is 1. The highest BCUT2D eigenvalue weighted by atomic mass is 32.1. The van der Waals surface area contributed by atoms with E-state index in [1.54, 1.807) is 68.5 Å². The lowest BCUT2D eigenvalue weighted by Crippen LogP contribution is -2.39. The number of hydrogen-bond donors (Lipinski definition) is 0. The number of aromatic nitrogens is 1. The molecule has 216 valence electrons. The van der Waals surface area contributed by atoms with Crippen LogP contribution >= 0.6 is 11.3 Å². The molecular formula is C30H27N3O8S. The Balaban J connectivity index is 1.66. The van der Waals surface area contributed by atoms with E-state index < -0.39 is 22.5 Å². The molecular weight excluding hydrogens is 562 g/mol. The maximum absolute atomic E-state index is 13.9. The number of benzene rings is 2. The molecule has 0 bridgehead atoms. The van der Waals surface area contributed by atoms with E-state index in [9.17, 15) is 19.7 Å². The largest absolute Gasteiger partial charge is 0.493 e. The number of rotatable bonds is 9. The van der Waals surface area contributed by atoms with Gasteiger partial charge in [-0.3, -0.25) is 19.5 Å². The molecule has 2 aromatic heterocycles. The smallest absolute Gasteiger partial charge is 0.338 e. The van der Waals surface area contributed by atoms with Crippen LogP contribution in [0.25, 0.3) is 17.4 Å². The lowest BCUT2D eigenvalue weighted by Gasteiger charge is -2.25. The molecule has 42 heavy (non-hydrogen) atoms. The first-order chi connectivity index (χ1) is 20.3. The van der Waals surface area contributed by atoms with Crippen LogP contribution in [0.4, 0.5) is 5.69 Å². The van der Waals surface area contributed by atoms with Crippen molar-refractivity contribution in [3.63, 3.8) is 0 Å². The van der Waals surface area contributed by atoms with Gasteiger partial charge in [-0.15, -0.1) is 0 Å². The molecule has 1 aliphatic rings. The molecule has 5 rings (SSSR count). The summed E-state index contributed by atoms with van der Waals surface area (Å²) in [7, 11) is 1.53. The van der Waals surface area contributed by atoms with Crippen LogP contribution in [0.5, 0.6) is 11.5 Å². The summed E-state index contributed by atoms with van der Waals surface area (Å²) in [4.78, 5) is 43.1. The van der Waals surface area contributed by atoms with Crippen LogP contribution in [0.2, 0.25) is 0 Å². The Morgan fingerprint density at radius 1 is 1.14 bits per heavy atom. The molecule has 0 spiro atoms. The Morgan fingerprint density at radius 3 is 2.64 bits per heavy atom. The minimum Gasteiger partial charge on any atom is -0.493 e. The van der Waals surface area contributed by atoms with Gasteiger partial charge in [0.1, 0.15) is 11.5 Å². The molecule has 4 aromatic rings. The zero-order chi connectivity index (χ0) is 30.0. The van der Waals surface area contributed by atoms with Crippen molar-refractivity contribution in [2.24, 2.45) is 4.99 Å². The molecule has 0 amide bonds. The van der Waals surface area contributed by atoms with Crippen LogP contribution in [0.1, 0.15) is 38.1 Å². The number of fused-ring (bicyclic) bond motifs is 1. The molecule has 0 aliphatic carbocycles. The Bertz CT molecular complexity index is 1900. The van der Waals surface area contributed by atoms with E-state index in [2.05, 4.69) is 4.99 Å². The maximum atomic E-state index is 13.9. The highest BCUT2D eigenvalue weighted by molar-refractivity contribution is 7.07. The predicted molar refractivity (Wildman–Crippen MR) is 155 cm³/mol. The van der Waals surface area contributed by atoms with Crippen molar-refractivity contribution in [2.75, 3.05) is 20.3 Å². The van der Waals surface area contributed by atoms with Crippen molar-refractivity contribution in [1.82, 2.24) is 4.57 Å². The van der Waals surface area contributed by atoms with Crippen molar-refractivity contribution >= 4 is 29.1 Å². The normalized spacial score (nSPS) is 14.8. The fourth-order valence-corrected chi connectivity index (χ4v) is 5.81. The number of carbonyl (C=O) groups excluding carboxylic acids is 1. The molecule has 0 saturated carbocycles. The van der Waals surface area contributed by atoms with Crippen LogP contribution in [0.3, 0.4) is 0 Å². The van der Waals surface area contributed by atoms with Crippen molar-refractivity contribution in [3.05, 3.63) is 107 Å². The number of methoxy groups -OCH3 is 1. The molecule has 0 saturated heterocycles. The number of nitro benzene ring substituents is 1. The van der Waals surface area contributed by atoms with Gasteiger partial charge in [0.25, 0.3) is 11.2 Å². The second kappa shape index (κ2) is 11.9. The van der Waals surface area contributed by atoms with Gasteiger partial charge in [0, 0.05) is 12.1 Å². The summed E-state index contributed by atoms with van der Waals surface area (Å²) >= 11 is 1.14. The van der Waals surface area contributed by atoms with Crippen molar-refractivity contribution in [2.45, 2.75) is 26.8 Å². The molecule has 1 aliphatic heterocycles. The zero-order valence-electron chi connectivity index (χ0n) is 23.3. The lowest BCUT2D eigenvalue weighted by atomic mass is 9.95. The van der Waals surface area contributed by atoms with Crippen LogP contribution in [-0.4, -0.2) is 35.8 Å². The Labute approximate surface area is 243 Å². The number of nitrogens with zero attached hydrogens (tertiary/aromatic N) is 3. The van der Waals surface area contributed by atoms with Crippen molar-refractivity contribution < 1.29 is 28.3 Å². The summed E-state index contributed by atoms with van der Waals surface area (Å²) in [6.45, 7) is 5.80. The van der Waals surface area contributed by atoms with E-state index in [1.807, 2.05) is 6.92 Å². The van der Waals surface area contributed by atoms with Gasteiger partial charge in [-0.2, -0.15) is 0 Å². The summed E-state index contributed by atoms with van der Waals surface area (Å²) in [5.74, 6) is 1.02. The predicted octanol–water partition coefficient (Wildman–Crippen LogP) is 4.37. The first-order valence-electron chi connectivity index (χ1n) is 13.1. The topological polar surface area (TPSA) is 135 Å². The van der Waals surface area contributed by atoms with Gasteiger partial charge in [0.05, 0.1) is 52.7 Å². The molecule has 2 aromatic carbocycles. The summed E-state index contributed by atoms with van der Waals surface area (Å²) in [6, 6.07) is 13.9. The number of hydrogen-bond acceptors (Lipinski definition) is 10. The van der Waals surface area contributed by atoms with Gasteiger partial charge in [-0.05, 0) is 56.7 Å². The fraction of sp³-hybridized carbons (Fsp3) is 0.233. The Kier molecular flexibility index (Phi) is 8.07. The summed E-state index contributed by atoms with van der Waals surface area (Å²) < 4.78 is 24.2. The van der Waals surface area contributed by atoms with Gasteiger partial charge in [0.15, 0.2) is 16.3 Å². The van der Waals surface area contributed by atoms with Crippen molar-refractivity contribution in [3.8, 4) is 22.8 Å². The van der Waals surface area contributed by atoms with Gasteiger partial charge < -0.3 is 18.6 Å². The van der Waals surface area contributed by atoms with E-state index in [1.165, 1.54) is 17.7 Å². The van der Waals surface area contributed by atoms with Crippen LogP contribution < -0.4 is 24.4 Å². The van der Waals surface area contributed by atoms with Gasteiger partial charge >= 0.3 is 5.97 Å². The average molecular weight is 590 g/mol. The summed E-state index contributed by atoms with van der Waals surface area (Å²) in [5.41, 5.74) is 1.11. The van der Waals surface area contributed by atoms with Gasteiger partial charge in [0.2, 0.25) is 0 Å². The Hall–Kier alpha value is -4.97. The molecule has 0 unspecified atom stereocenters. The third-order valence-corrected chi connectivity index (χ3v) is 7.57. The highest BCUT2D eigenvalue weighted by Gasteiger charge is 2.34. The number of carbonyl (C=O) groups is 1. The zero-order valence-corrected chi connectivity index (χ0v) is 24.1. The quantitative estimate of drug-likeness (QED) is 0.160. The molecule has 11 nitrogen and oxygen atoms in total. The van der Waals surface area contributed by atoms with Crippen LogP contribution in [0.15, 0.2) is 80.1 Å². The van der Waals surface area contributed by atoms with Crippen LogP contribution in [0, 0.1) is 10.1 Å². The second-order valence-electron chi connectivity index (χ2n) is 9.12. The molecule has 12 heteroatoms. The number of para-hydroxylation sites is 1. The van der Waals surface area contributed by atoms with Gasteiger partial charge in [-0.25, -0.2) is 9.79 Å². The number of furan rings is 1. The standard InChI is InChI=1S/C30H27N3O8S/c1-5-39-24-15-18(11-13-23(24)38-4)27-26(29(35)40-6-2)17(3)31-30-32(27)28(34)25(42-30)16-19-12-14-22(41-19)20-9-7-8-10-21(20)33(36)37/h7-16,27H,5-6H2,1-4H3/b25-16-/t27-/m1/s1. The van der Waals surface area contributed by atoms with E-state index >= 15 is 0 Å². The maximum Gasteiger partial charge on any atom is 0.338 e.